The van der Waals surface area contributed by atoms with Gasteiger partial charge < -0.3 is 10.6 Å². The molecule has 0 aromatic heterocycles. The molecule has 0 amide bonds. The summed E-state index contributed by atoms with van der Waals surface area (Å²) in [5.74, 6) is 0. The standard InChI is InChI=1S/C14H16F3N3/c15-14(16,17)13-4-3-12(8-10(13)9-18)20-7-5-11-2-1-6-19-11/h3-4,8,11,19-20H,1-2,5-7H2. The first kappa shape index (κ1) is 14.7. The second kappa shape index (κ2) is 6.14. The van der Waals surface area contributed by atoms with Gasteiger partial charge in [-0.25, -0.2) is 0 Å². The van der Waals surface area contributed by atoms with E-state index in [0.717, 1.165) is 25.5 Å². The third-order valence-electron chi connectivity index (χ3n) is 3.43. The van der Waals surface area contributed by atoms with E-state index < -0.39 is 11.7 Å². The average Bonchev–Trinajstić information content (AvgIpc) is 2.90. The van der Waals surface area contributed by atoms with Crippen molar-refractivity contribution in [1.82, 2.24) is 5.32 Å². The Hall–Kier alpha value is -1.74. The normalized spacial score (nSPS) is 18.8. The molecule has 0 aliphatic carbocycles. The van der Waals surface area contributed by atoms with Crippen molar-refractivity contribution in [3.63, 3.8) is 0 Å². The fourth-order valence-corrected chi connectivity index (χ4v) is 2.39. The lowest BCUT2D eigenvalue weighted by Crippen LogP contribution is -2.24. The number of benzene rings is 1. The molecular formula is C14H16F3N3. The maximum atomic E-state index is 12.6. The summed E-state index contributed by atoms with van der Waals surface area (Å²) in [4.78, 5) is 0. The lowest BCUT2D eigenvalue weighted by Gasteiger charge is -2.13. The van der Waals surface area contributed by atoms with Crippen molar-refractivity contribution in [3.8, 4) is 6.07 Å². The van der Waals surface area contributed by atoms with Gasteiger partial charge in [0.25, 0.3) is 0 Å². The van der Waals surface area contributed by atoms with Gasteiger partial charge in [-0.05, 0) is 44.0 Å². The quantitative estimate of drug-likeness (QED) is 0.892. The van der Waals surface area contributed by atoms with Gasteiger partial charge in [0.1, 0.15) is 0 Å². The predicted molar refractivity (Wildman–Crippen MR) is 70.3 cm³/mol. The Kier molecular flexibility index (Phi) is 4.50. The van der Waals surface area contributed by atoms with Crippen molar-refractivity contribution in [1.29, 1.82) is 5.26 Å². The average molecular weight is 283 g/mol. The topological polar surface area (TPSA) is 47.9 Å². The number of nitriles is 1. The first-order chi connectivity index (χ1) is 9.50. The molecule has 0 spiro atoms. The van der Waals surface area contributed by atoms with Gasteiger partial charge in [0.15, 0.2) is 0 Å². The van der Waals surface area contributed by atoms with Crippen LogP contribution in [-0.4, -0.2) is 19.1 Å². The van der Waals surface area contributed by atoms with Crippen molar-refractivity contribution in [3.05, 3.63) is 29.3 Å². The molecule has 3 nitrogen and oxygen atoms in total. The van der Waals surface area contributed by atoms with Crippen LogP contribution in [0.4, 0.5) is 18.9 Å². The zero-order valence-electron chi connectivity index (χ0n) is 10.9. The van der Waals surface area contributed by atoms with E-state index in [1.807, 2.05) is 0 Å². The van der Waals surface area contributed by atoms with Crippen LogP contribution in [0.3, 0.4) is 0 Å². The Bertz CT molecular complexity index is 499. The molecule has 1 atom stereocenters. The summed E-state index contributed by atoms with van der Waals surface area (Å²) < 4.78 is 37.9. The Morgan fingerprint density at radius 2 is 2.20 bits per heavy atom. The summed E-state index contributed by atoms with van der Waals surface area (Å²) in [6.45, 7) is 1.71. The molecule has 108 valence electrons. The SMILES string of the molecule is N#Cc1cc(NCCC2CCCN2)ccc1C(F)(F)F. The van der Waals surface area contributed by atoms with E-state index in [9.17, 15) is 13.2 Å². The molecule has 0 saturated carbocycles. The molecule has 20 heavy (non-hydrogen) atoms. The summed E-state index contributed by atoms with van der Waals surface area (Å²) in [6.07, 6.45) is -1.26. The molecule has 1 aliphatic heterocycles. The second-order valence-corrected chi connectivity index (χ2v) is 4.88. The molecule has 1 fully saturated rings. The van der Waals surface area contributed by atoms with Crippen LogP contribution in [0.2, 0.25) is 0 Å². The number of anilines is 1. The molecule has 1 saturated heterocycles. The summed E-state index contributed by atoms with van der Waals surface area (Å²) in [7, 11) is 0. The van der Waals surface area contributed by atoms with Crippen LogP contribution in [0.1, 0.15) is 30.4 Å². The highest BCUT2D eigenvalue weighted by molar-refractivity contribution is 5.53. The maximum Gasteiger partial charge on any atom is 0.417 e. The van der Waals surface area contributed by atoms with Crippen LogP contribution in [0.25, 0.3) is 0 Å². The number of rotatable bonds is 4. The van der Waals surface area contributed by atoms with Gasteiger partial charge in [-0.2, -0.15) is 18.4 Å². The fourth-order valence-electron chi connectivity index (χ4n) is 2.39. The molecule has 6 heteroatoms. The molecule has 1 aliphatic rings. The summed E-state index contributed by atoms with van der Waals surface area (Å²) in [6, 6.07) is 5.66. The first-order valence-corrected chi connectivity index (χ1v) is 6.59. The van der Waals surface area contributed by atoms with Crippen LogP contribution in [-0.2, 0) is 6.18 Å². The molecule has 2 rings (SSSR count). The van der Waals surface area contributed by atoms with Crippen LogP contribution >= 0.6 is 0 Å². The maximum absolute atomic E-state index is 12.6. The highest BCUT2D eigenvalue weighted by Crippen LogP contribution is 2.32. The minimum Gasteiger partial charge on any atom is -0.385 e. The lowest BCUT2D eigenvalue weighted by molar-refractivity contribution is -0.137. The third-order valence-corrected chi connectivity index (χ3v) is 3.43. The molecule has 0 bridgehead atoms. The van der Waals surface area contributed by atoms with Crippen LogP contribution < -0.4 is 10.6 Å². The van der Waals surface area contributed by atoms with E-state index in [-0.39, 0.29) is 5.56 Å². The molecule has 1 unspecified atom stereocenters. The minimum atomic E-state index is -4.49. The van der Waals surface area contributed by atoms with Crippen molar-refractivity contribution >= 4 is 5.69 Å². The number of hydrogen-bond acceptors (Lipinski definition) is 3. The van der Waals surface area contributed by atoms with Crippen molar-refractivity contribution in [2.45, 2.75) is 31.5 Å². The van der Waals surface area contributed by atoms with E-state index >= 15 is 0 Å². The molecule has 2 N–H and O–H groups in total. The number of nitrogens with zero attached hydrogens (tertiary/aromatic N) is 1. The van der Waals surface area contributed by atoms with Gasteiger partial charge in [0, 0.05) is 18.3 Å². The van der Waals surface area contributed by atoms with Gasteiger partial charge in [0.05, 0.1) is 17.2 Å². The molecule has 1 heterocycles. The van der Waals surface area contributed by atoms with Gasteiger partial charge in [-0.1, -0.05) is 0 Å². The number of halogens is 3. The van der Waals surface area contributed by atoms with Crippen LogP contribution in [0, 0.1) is 11.3 Å². The predicted octanol–water partition coefficient (Wildman–Crippen LogP) is 3.13. The first-order valence-electron chi connectivity index (χ1n) is 6.59. The minimum absolute atomic E-state index is 0.346. The highest BCUT2D eigenvalue weighted by atomic mass is 19.4. The van der Waals surface area contributed by atoms with E-state index in [4.69, 9.17) is 5.26 Å². The van der Waals surface area contributed by atoms with Gasteiger partial charge >= 0.3 is 6.18 Å². The summed E-state index contributed by atoms with van der Waals surface area (Å²) in [5, 5.41) is 15.2. The lowest BCUT2D eigenvalue weighted by atomic mass is 10.1. The largest absolute Gasteiger partial charge is 0.417 e. The van der Waals surface area contributed by atoms with Gasteiger partial charge in [-0.3, -0.25) is 0 Å². The number of nitrogens with one attached hydrogen (secondary N) is 2. The third kappa shape index (κ3) is 3.64. The van der Waals surface area contributed by atoms with E-state index in [1.54, 1.807) is 6.07 Å². The summed E-state index contributed by atoms with van der Waals surface area (Å²) in [5.41, 5.74) is -0.683. The number of hydrogen-bond donors (Lipinski definition) is 2. The Morgan fingerprint density at radius 1 is 1.40 bits per heavy atom. The summed E-state index contributed by atoms with van der Waals surface area (Å²) >= 11 is 0. The zero-order chi connectivity index (χ0) is 14.6. The fraction of sp³-hybridized carbons (Fsp3) is 0.500. The van der Waals surface area contributed by atoms with Crippen molar-refractivity contribution in [2.24, 2.45) is 0 Å². The van der Waals surface area contributed by atoms with E-state index in [1.165, 1.54) is 18.6 Å². The molecule has 1 aromatic carbocycles. The van der Waals surface area contributed by atoms with Crippen molar-refractivity contribution in [2.75, 3.05) is 18.4 Å². The molecule has 1 aromatic rings. The molecule has 0 radical (unpaired) electrons. The van der Waals surface area contributed by atoms with Crippen molar-refractivity contribution < 1.29 is 13.2 Å². The number of alkyl halides is 3. The smallest absolute Gasteiger partial charge is 0.385 e. The van der Waals surface area contributed by atoms with E-state index in [0.29, 0.717) is 18.3 Å². The highest BCUT2D eigenvalue weighted by Gasteiger charge is 2.33. The zero-order valence-corrected chi connectivity index (χ0v) is 10.9. The van der Waals surface area contributed by atoms with E-state index in [2.05, 4.69) is 10.6 Å². The molecular weight excluding hydrogens is 267 g/mol. The Morgan fingerprint density at radius 3 is 2.80 bits per heavy atom. The van der Waals surface area contributed by atoms with Gasteiger partial charge in [-0.15, -0.1) is 0 Å². The second-order valence-electron chi connectivity index (χ2n) is 4.88. The Balaban J connectivity index is 1.97. The Labute approximate surface area is 115 Å². The monoisotopic (exact) mass is 283 g/mol. The van der Waals surface area contributed by atoms with Crippen LogP contribution in [0.15, 0.2) is 18.2 Å². The van der Waals surface area contributed by atoms with Crippen LogP contribution in [0.5, 0.6) is 0 Å². The van der Waals surface area contributed by atoms with Gasteiger partial charge in [0.2, 0.25) is 0 Å².